The highest BCUT2D eigenvalue weighted by Crippen LogP contribution is 2.28. The van der Waals surface area contributed by atoms with Gasteiger partial charge in [0.15, 0.2) is 5.82 Å². The Morgan fingerprint density at radius 3 is 2.75 bits per heavy atom. The van der Waals surface area contributed by atoms with Crippen molar-refractivity contribution in [3.63, 3.8) is 0 Å². The first-order chi connectivity index (χ1) is 13.4. The van der Waals surface area contributed by atoms with Gasteiger partial charge in [-0.3, -0.25) is 4.21 Å². The zero-order valence-corrected chi connectivity index (χ0v) is 16.5. The number of methoxy groups -OCH3 is 1. The smallest absolute Gasteiger partial charge is 0.230 e. The lowest BCUT2D eigenvalue weighted by Gasteiger charge is -2.09. The molecule has 9 heteroatoms. The van der Waals surface area contributed by atoms with Crippen LogP contribution in [0.5, 0.6) is 5.75 Å². The molecule has 1 heterocycles. The Morgan fingerprint density at radius 1 is 1.18 bits per heavy atom. The maximum Gasteiger partial charge on any atom is 0.230 e. The molecular formula is C19H20FN5O2S. The van der Waals surface area contributed by atoms with Crippen molar-refractivity contribution < 1.29 is 13.3 Å². The van der Waals surface area contributed by atoms with Gasteiger partial charge < -0.3 is 10.1 Å². The molecule has 2 N–H and O–H groups in total. The Hall–Kier alpha value is -3.04. The van der Waals surface area contributed by atoms with Crippen LogP contribution in [0.2, 0.25) is 0 Å². The molecule has 0 bridgehead atoms. The van der Waals surface area contributed by atoms with Gasteiger partial charge in [-0.05, 0) is 36.9 Å². The minimum atomic E-state index is -2.25. The maximum atomic E-state index is 13.4. The largest absolute Gasteiger partial charge is 0.496 e. The van der Waals surface area contributed by atoms with E-state index in [0.717, 1.165) is 11.3 Å². The van der Waals surface area contributed by atoms with Gasteiger partial charge in [-0.2, -0.15) is 4.98 Å². The summed E-state index contributed by atoms with van der Waals surface area (Å²) in [6.07, 6.45) is 2.99. The second-order valence-corrected chi connectivity index (χ2v) is 8.41. The van der Waals surface area contributed by atoms with Crippen molar-refractivity contribution in [2.75, 3.05) is 25.7 Å². The molecule has 0 amide bonds. The highest BCUT2D eigenvalue weighted by molar-refractivity contribution is 7.99. The summed E-state index contributed by atoms with van der Waals surface area (Å²) >= 11 is 0. The van der Waals surface area contributed by atoms with Crippen LogP contribution in [-0.4, -0.2) is 44.9 Å². The Kier molecular flexibility index (Phi) is 5.86. The van der Waals surface area contributed by atoms with E-state index in [9.17, 15) is 8.60 Å². The van der Waals surface area contributed by atoms with Crippen LogP contribution in [0.3, 0.4) is 0 Å². The van der Waals surface area contributed by atoms with Crippen molar-refractivity contribution >= 4 is 26.7 Å². The fourth-order valence-electron chi connectivity index (χ4n) is 2.47. The average molecular weight is 401 g/mol. The standard InChI is InChI=1S/C19H20FN5O2S/c1-21-28(3,26)11-13-5-4-6-15(9-13)24-19-23-12-22-18(25-19)16-8-7-14(20)10-17(16)27-2/h4-12H,1-3H3,(H,21,26)(H,22,23,24,25). The summed E-state index contributed by atoms with van der Waals surface area (Å²) in [7, 11) is 0.851. The predicted octanol–water partition coefficient (Wildman–Crippen LogP) is 2.63. The van der Waals surface area contributed by atoms with E-state index < -0.39 is 15.5 Å². The van der Waals surface area contributed by atoms with Crippen molar-refractivity contribution in [3.8, 4) is 17.1 Å². The van der Waals surface area contributed by atoms with Crippen molar-refractivity contribution in [1.29, 1.82) is 0 Å². The van der Waals surface area contributed by atoms with Gasteiger partial charge in [0.1, 0.15) is 17.9 Å². The predicted molar refractivity (Wildman–Crippen MR) is 110 cm³/mol. The van der Waals surface area contributed by atoms with Crippen LogP contribution in [0.1, 0.15) is 5.56 Å². The quantitative estimate of drug-likeness (QED) is 0.618. The number of rotatable bonds is 6. The monoisotopic (exact) mass is 401 g/mol. The van der Waals surface area contributed by atoms with Crippen LogP contribution in [0.25, 0.3) is 11.4 Å². The van der Waals surface area contributed by atoms with Crippen LogP contribution >= 0.6 is 0 Å². The van der Waals surface area contributed by atoms with E-state index in [1.54, 1.807) is 24.7 Å². The number of ether oxygens (including phenoxy) is 1. The highest BCUT2D eigenvalue weighted by atomic mass is 32.2. The van der Waals surface area contributed by atoms with Crippen LogP contribution in [0, 0.1) is 5.82 Å². The van der Waals surface area contributed by atoms with E-state index in [2.05, 4.69) is 25.0 Å². The molecule has 0 aliphatic carbocycles. The molecule has 0 spiro atoms. The lowest BCUT2D eigenvalue weighted by atomic mass is 10.2. The summed E-state index contributed by atoms with van der Waals surface area (Å²) in [5.74, 6) is 0.594. The molecule has 1 unspecified atom stereocenters. The molecule has 0 fully saturated rings. The van der Waals surface area contributed by atoms with E-state index in [1.165, 1.54) is 25.6 Å². The fourth-order valence-corrected chi connectivity index (χ4v) is 3.26. The second-order valence-electron chi connectivity index (χ2n) is 5.95. The molecule has 0 saturated carbocycles. The van der Waals surface area contributed by atoms with Crippen molar-refractivity contribution in [1.82, 2.24) is 19.7 Å². The highest BCUT2D eigenvalue weighted by Gasteiger charge is 2.11. The van der Waals surface area contributed by atoms with Gasteiger partial charge in [-0.1, -0.05) is 12.1 Å². The molecule has 7 nitrogen and oxygen atoms in total. The van der Waals surface area contributed by atoms with Gasteiger partial charge in [-0.15, -0.1) is 0 Å². The number of nitrogens with zero attached hydrogens (tertiary/aromatic N) is 3. The lowest BCUT2D eigenvalue weighted by Crippen LogP contribution is -2.19. The molecule has 1 aromatic heterocycles. The van der Waals surface area contributed by atoms with Crippen molar-refractivity contribution in [3.05, 3.63) is 60.2 Å². The Bertz CT molecular complexity index is 1110. The van der Waals surface area contributed by atoms with Crippen molar-refractivity contribution in [2.24, 2.45) is 0 Å². The number of hydrogen-bond acceptors (Lipinski definition) is 6. The third kappa shape index (κ3) is 4.81. The Morgan fingerprint density at radius 2 is 2.00 bits per heavy atom. The molecule has 0 aliphatic rings. The van der Waals surface area contributed by atoms with E-state index in [-0.39, 0.29) is 0 Å². The summed E-state index contributed by atoms with van der Waals surface area (Å²) in [5, 5.41) is 4.76. The van der Waals surface area contributed by atoms with Crippen molar-refractivity contribution in [2.45, 2.75) is 0 Å². The second kappa shape index (κ2) is 8.32. The summed E-state index contributed by atoms with van der Waals surface area (Å²) in [6.45, 7) is 0. The number of anilines is 2. The molecule has 0 aliphatic heterocycles. The van der Waals surface area contributed by atoms with Gasteiger partial charge in [-0.25, -0.2) is 19.1 Å². The third-order valence-corrected chi connectivity index (χ3v) is 5.42. The molecule has 3 rings (SSSR count). The molecule has 146 valence electrons. The minimum absolute atomic E-state index is 0.319. The SMILES string of the molecule is CNS(C)(=O)=Cc1cccc(Nc2ncnc(-c3ccc(F)cc3OC)n2)c1. The normalized spacial score (nSPS) is 12.9. The number of nitrogens with one attached hydrogen (secondary N) is 2. The first kappa shape index (κ1) is 19.7. The third-order valence-electron chi connectivity index (χ3n) is 3.89. The van der Waals surface area contributed by atoms with Gasteiger partial charge >= 0.3 is 0 Å². The summed E-state index contributed by atoms with van der Waals surface area (Å²) < 4.78 is 33.6. The van der Waals surface area contributed by atoms with Crippen LogP contribution in [0.4, 0.5) is 16.0 Å². The van der Waals surface area contributed by atoms with Gasteiger partial charge in [0, 0.05) is 33.1 Å². The molecule has 0 saturated heterocycles. The van der Waals surface area contributed by atoms with E-state index >= 15 is 0 Å². The van der Waals surface area contributed by atoms with E-state index in [4.69, 9.17) is 4.74 Å². The molecule has 28 heavy (non-hydrogen) atoms. The van der Waals surface area contributed by atoms with Crippen LogP contribution in [-0.2, 0) is 9.71 Å². The number of halogens is 1. The van der Waals surface area contributed by atoms with Crippen LogP contribution in [0.15, 0.2) is 48.8 Å². The number of aromatic nitrogens is 3. The molecule has 0 radical (unpaired) electrons. The number of benzene rings is 2. The first-order valence-corrected chi connectivity index (χ1v) is 10.4. The average Bonchev–Trinajstić information content (AvgIpc) is 2.68. The molecule has 2 aromatic carbocycles. The Labute approximate surface area is 163 Å². The summed E-state index contributed by atoms with van der Waals surface area (Å²) in [6, 6.07) is 11.5. The fraction of sp³-hybridized carbons (Fsp3) is 0.158. The molecule has 1 atom stereocenters. The number of hydrogen-bond donors (Lipinski definition) is 2. The topological polar surface area (TPSA) is 89.0 Å². The lowest BCUT2D eigenvalue weighted by molar-refractivity contribution is 0.412. The van der Waals surface area contributed by atoms with Gasteiger partial charge in [0.2, 0.25) is 5.95 Å². The zero-order valence-electron chi connectivity index (χ0n) is 15.6. The van der Waals surface area contributed by atoms with Gasteiger partial charge in [0.05, 0.1) is 12.7 Å². The van der Waals surface area contributed by atoms with Crippen LogP contribution < -0.4 is 14.8 Å². The zero-order chi connectivity index (χ0) is 20.1. The minimum Gasteiger partial charge on any atom is -0.496 e. The molecular weight excluding hydrogens is 381 g/mol. The maximum absolute atomic E-state index is 13.4. The first-order valence-electron chi connectivity index (χ1n) is 8.32. The Balaban J connectivity index is 1.91. The summed E-state index contributed by atoms with van der Waals surface area (Å²) in [5.41, 5.74) is 2.07. The molecule has 3 aromatic rings. The summed E-state index contributed by atoms with van der Waals surface area (Å²) in [4.78, 5) is 12.7. The van der Waals surface area contributed by atoms with E-state index in [0.29, 0.717) is 23.1 Å². The van der Waals surface area contributed by atoms with Gasteiger partial charge in [0.25, 0.3) is 0 Å². The van der Waals surface area contributed by atoms with E-state index in [1.807, 2.05) is 24.3 Å².